The van der Waals surface area contributed by atoms with Crippen molar-refractivity contribution in [2.24, 2.45) is 0 Å². The van der Waals surface area contributed by atoms with Gasteiger partial charge >= 0.3 is 11.9 Å². The molecule has 0 atom stereocenters. The number of nitrogens with zero attached hydrogens (tertiary/aromatic N) is 1. The molecule has 0 unspecified atom stereocenters. The molecular formula is C10H13N3O3. The minimum Gasteiger partial charge on any atom is -0.462 e. The summed E-state index contributed by atoms with van der Waals surface area (Å²) in [5.74, 6) is -1.37. The molecule has 0 fully saturated rings. The molecule has 6 heteroatoms. The SMILES string of the molecule is CCc1cc(NC(=O)C(=O)OC)cnc1N. The standard InChI is InChI=1S/C10H13N3O3/c1-3-6-4-7(5-12-8(6)11)13-9(14)10(15)16-2/h4-5H,3H2,1-2H3,(H2,11,12)(H,13,14). The Bertz CT molecular complexity index is 418. The van der Waals surface area contributed by atoms with Gasteiger partial charge in [-0.2, -0.15) is 0 Å². The maximum Gasteiger partial charge on any atom is 0.396 e. The van der Waals surface area contributed by atoms with Crippen LogP contribution in [0.3, 0.4) is 0 Å². The summed E-state index contributed by atoms with van der Waals surface area (Å²) in [5.41, 5.74) is 6.83. The van der Waals surface area contributed by atoms with Crippen LogP contribution in [0.5, 0.6) is 0 Å². The minimum absolute atomic E-state index is 0.415. The number of esters is 1. The number of hydrogen-bond acceptors (Lipinski definition) is 5. The van der Waals surface area contributed by atoms with Crippen LogP contribution in [0.4, 0.5) is 11.5 Å². The molecule has 0 spiro atoms. The zero-order chi connectivity index (χ0) is 12.1. The number of nitrogens with two attached hydrogens (primary N) is 1. The van der Waals surface area contributed by atoms with Gasteiger partial charge in [-0.1, -0.05) is 6.92 Å². The number of nitrogens with one attached hydrogen (secondary N) is 1. The number of hydrogen-bond donors (Lipinski definition) is 2. The van der Waals surface area contributed by atoms with Crippen molar-refractivity contribution in [3.05, 3.63) is 17.8 Å². The van der Waals surface area contributed by atoms with E-state index in [9.17, 15) is 9.59 Å². The molecular weight excluding hydrogens is 210 g/mol. The highest BCUT2D eigenvalue weighted by atomic mass is 16.5. The molecule has 1 aromatic rings. The predicted molar refractivity (Wildman–Crippen MR) is 58.7 cm³/mol. The Hall–Kier alpha value is -2.11. The molecule has 0 aliphatic carbocycles. The number of carbonyl (C=O) groups is 2. The molecule has 0 aromatic carbocycles. The van der Waals surface area contributed by atoms with Gasteiger partial charge in [0.25, 0.3) is 0 Å². The second-order valence-electron chi connectivity index (χ2n) is 3.07. The van der Waals surface area contributed by atoms with Crippen LogP contribution >= 0.6 is 0 Å². The third-order valence-corrected chi connectivity index (χ3v) is 2.01. The van der Waals surface area contributed by atoms with Gasteiger partial charge in [-0.05, 0) is 18.1 Å². The summed E-state index contributed by atoms with van der Waals surface area (Å²) >= 11 is 0. The van der Waals surface area contributed by atoms with Crippen molar-refractivity contribution in [2.75, 3.05) is 18.2 Å². The summed E-state index contributed by atoms with van der Waals surface area (Å²) < 4.78 is 4.27. The molecule has 1 aromatic heterocycles. The second kappa shape index (κ2) is 5.11. The van der Waals surface area contributed by atoms with Gasteiger partial charge in [0.05, 0.1) is 19.0 Å². The molecule has 1 amide bonds. The Kier molecular flexibility index (Phi) is 3.82. The molecule has 16 heavy (non-hydrogen) atoms. The second-order valence-corrected chi connectivity index (χ2v) is 3.07. The highest BCUT2D eigenvalue weighted by molar-refractivity contribution is 6.37. The van der Waals surface area contributed by atoms with Crippen molar-refractivity contribution in [1.82, 2.24) is 4.98 Å². The topological polar surface area (TPSA) is 94.3 Å². The van der Waals surface area contributed by atoms with E-state index in [4.69, 9.17) is 5.73 Å². The Morgan fingerprint density at radius 2 is 2.25 bits per heavy atom. The molecule has 0 aliphatic rings. The van der Waals surface area contributed by atoms with Crippen LogP contribution in [0.15, 0.2) is 12.3 Å². The largest absolute Gasteiger partial charge is 0.462 e. The fourth-order valence-electron chi connectivity index (χ4n) is 1.15. The highest BCUT2D eigenvalue weighted by Crippen LogP contribution is 2.15. The van der Waals surface area contributed by atoms with Crippen LogP contribution in [0.2, 0.25) is 0 Å². The third-order valence-electron chi connectivity index (χ3n) is 2.01. The first-order chi connectivity index (χ1) is 7.58. The predicted octanol–water partition coefficient (Wildman–Crippen LogP) is 0.338. The van der Waals surface area contributed by atoms with E-state index in [0.29, 0.717) is 17.9 Å². The molecule has 1 heterocycles. The number of amides is 1. The molecule has 6 nitrogen and oxygen atoms in total. The average Bonchev–Trinajstić information content (AvgIpc) is 2.30. The number of methoxy groups -OCH3 is 1. The molecule has 1 rings (SSSR count). The molecule has 0 radical (unpaired) electrons. The number of ether oxygens (including phenoxy) is 1. The van der Waals surface area contributed by atoms with Gasteiger partial charge in [0.1, 0.15) is 5.82 Å². The first-order valence-corrected chi connectivity index (χ1v) is 4.72. The van der Waals surface area contributed by atoms with E-state index in [1.54, 1.807) is 6.07 Å². The normalized spacial score (nSPS) is 9.62. The van der Waals surface area contributed by atoms with Gasteiger partial charge in [-0.25, -0.2) is 9.78 Å². The molecule has 0 saturated carbocycles. The Morgan fingerprint density at radius 3 is 2.81 bits per heavy atom. The van der Waals surface area contributed by atoms with Crippen molar-refractivity contribution in [3.8, 4) is 0 Å². The fourth-order valence-corrected chi connectivity index (χ4v) is 1.15. The van der Waals surface area contributed by atoms with Gasteiger partial charge < -0.3 is 15.8 Å². The van der Waals surface area contributed by atoms with Crippen molar-refractivity contribution in [1.29, 1.82) is 0 Å². The van der Waals surface area contributed by atoms with E-state index in [2.05, 4.69) is 15.0 Å². The number of anilines is 2. The molecule has 3 N–H and O–H groups in total. The summed E-state index contributed by atoms with van der Waals surface area (Å²) in [4.78, 5) is 25.9. The smallest absolute Gasteiger partial charge is 0.396 e. The Morgan fingerprint density at radius 1 is 1.56 bits per heavy atom. The van der Waals surface area contributed by atoms with Gasteiger partial charge in [-0.3, -0.25) is 4.79 Å². The molecule has 0 saturated heterocycles. The quantitative estimate of drug-likeness (QED) is 0.556. The van der Waals surface area contributed by atoms with Crippen molar-refractivity contribution < 1.29 is 14.3 Å². The number of aryl methyl sites for hydroxylation is 1. The van der Waals surface area contributed by atoms with Crippen LogP contribution < -0.4 is 11.1 Å². The van der Waals surface area contributed by atoms with Crippen molar-refractivity contribution in [3.63, 3.8) is 0 Å². The van der Waals surface area contributed by atoms with E-state index in [1.165, 1.54) is 6.20 Å². The van der Waals surface area contributed by atoms with E-state index >= 15 is 0 Å². The van der Waals surface area contributed by atoms with E-state index < -0.39 is 11.9 Å². The lowest BCUT2D eigenvalue weighted by molar-refractivity contribution is -0.150. The van der Waals surface area contributed by atoms with Gasteiger partial charge in [-0.15, -0.1) is 0 Å². The first-order valence-electron chi connectivity index (χ1n) is 4.72. The fraction of sp³-hybridized carbons (Fsp3) is 0.300. The van der Waals surface area contributed by atoms with Gasteiger partial charge in [0.15, 0.2) is 0 Å². The van der Waals surface area contributed by atoms with Gasteiger partial charge in [0.2, 0.25) is 0 Å². The summed E-state index contributed by atoms with van der Waals surface area (Å²) in [6.45, 7) is 1.92. The summed E-state index contributed by atoms with van der Waals surface area (Å²) in [5, 5.41) is 2.36. The van der Waals surface area contributed by atoms with E-state index in [-0.39, 0.29) is 0 Å². The van der Waals surface area contributed by atoms with Crippen LogP contribution in [0.1, 0.15) is 12.5 Å². The lowest BCUT2D eigenvalue weighted by atomic mass is 10.2. The monoisotopic (exact) mass is 223 g/mol. The summed E-state index contributed by atoms with van der Waals surface area (Å²) in [6.07, 6.45) is 2.08. The van der Waals surface area contributed by atoms with Crippen molar-refractivity contribution >= 4 is 23.4 Å². The third kappa shape index (κ3) is 2.69. The van der Waals surface area contributed by atoms with Crippen molar-refractivity contribution in [2.45, 2.75) is 13.3 Å². The van der Waals surface area contributed by atoms with E-state index in [1.807, 2.05) is 6.92 Å². The summed E-state index contributed by atoms with van der Waals surface area (Å²) in [6, 6.07) is 1.67. The zero-order valence-electron chi connectivity index (χ0n) is 9.11. The maximum absolute atomic E-state index is 11.2. The number of carbonyl (C=O) groups excluding carboxylic acids is 2. The maximum atomic E-state index is 11.2. The number of nitrogen functional groups attached to an aromatic ring is 1. The molecule has 0 aliphatic heterocycles. The van der Waals surface area contributed by atoms with E-state index in [0.717, 1.165) is 12.7 Å². The van der Waals surface area contributed by atoms with Crippen LogP contribution in [-0.2, 0) is 20.7 Å². The van der Waals surface area contributed by atoms with Crippen LogP contribution in [0.25, 0.3) is 0 Å². The summed E-state index contributed by atoms with van der Waals surface area (Å²) in [7, 11) is 1.14. The number of rotatable bonds is 2. The average molecular weight is 223 g/mol. The van der Waals surface area contributed by atoms with Crippen LogP contribution in [0, 0.1) is 0 Å². The Labute approximate surface area is 92.8 Å². The minimum atomic E-state index is -0.949. The number of pyridine rings is 1. The van der Waals surface area contributed by atoms with Crippen LogP contribution in [-0.4, -0.2) is 24.0 Å². The lowest BCUT2D eigenvalue weighted by Gasteiger charge is -2.06. The molecule has 0 bridgehead atoms. The highest BCUT2D eigenvalue weighted by Gasteiger charge is 2.14. The molecule has 86 valence electrons. The lowest BCUT2D eigenvalue weighted by Crippen LogP contribution is -2.24. The van der Waals surface area contributed by atoms with Gasteiger partial charge in [0, 0.05) is 0 Å². The number of aromatic nitrogens is 1. The zero-order valence-corrected chi connectivity index (χ0v) is 9.11. The Balaban J connectivity index is 2.82. The first kappa shape index (κ1) is 12.0.